The first-order valence-electron chi connectivity index (χ1n) is 15.3. The highest BCUT2D eigenvalue weighted by Gasteiger charge is 2.30. The number of aromatic nitrogens is 3. The Morgan fingerprint density at radius 3 is 2.40 bits per heavy atom. The monoisotopic (exact) mass is 585 g/mol. The lowest BCUT2D eigenvalue weighted by molar-refractivity contribution is 0.360. The highest BCUT2D eigenvalue weighted by molar-refractivity contribution is 5.94. The molecule has 8 rings (SSSR count). The van der Waals surface area contributed by atoms with Crippen molar-refractivity contribution in [2.45, 2.75) is 19.3 Å². The minimum Gasteiger partial charge on any atom is -0.449 e. The zero-order chi connectivity index (χ0) is 30.3. The molecule has 5 heteroatoms. The molecule has 3 aromatic carbocycles. The summed E-state index contributed by atoms with van der Waals surface area (Å²) in [5.41, 5.74) is 6.89. The molecule has 218 valence electrons. The van der Waals surface area contributed by atoms with E-state index < -0.39 is 0 Å². The van der Waals surface area contributed by atoms with Crippen molar-refractivity contribution in [2.24, 2.45) is 5.92 Å². The number of fused-ring (bicyclic) bond motifs is 8. The molecule has 0 N–H and O–H groups in total. The molecule has 0 amide bonds. The average Bonchev–Trinajstić information content (AvgIpc) is 3.20. The smallest absolute Gasteiger partial charge is 0.235 e. The van der Waals surface area contributed by atoms with Gasteiger partial charge in [0.05, 0.1) is 22.6 Å². The molecule has 3 heterocycles. The summed E-state index contributed by atoms with van der Waals surface area (Å²) in [6, 6.07) is 24.3. The first-order valence-corrected chi connectivity index (χ1v) is 15.3. The van der Waals surface area contributed by atoms with Gasteiger partial charge < -0.3 is 9.47 Å². The molecule has 0 radical (unpaired) electrons. The second-order valence-electron chi connectivity index (χ2n) is 11.4. The summed E-state index contributed by atoms with van der Waals surface area (Å²) in [5.74, 6) is 3.88. The number of hydrogen-bond acceptors (Lipinski definition) is 4. The standard InChI is InChI=1S/C40H31N3O2/c1-3-12-27(13-4-2)31-24-32(28-15-6-5-7-16-28)42-40(41-31)43-33-21-20-26-14-8-9-17-29(22-26)39(33)30-23-37-38(25-34(30)43)45-36-19-11-10-18-35(36)44-37/h3-21,23-26,29H,1,22H2,2H3/b13-4-,27-12+. The largest absolute Gasteiger partial charge is 0.449 e. The normalized spacial score (nSPS) is 18.0. The van der Waals surface area contributed by atoms with Crippen molar-refractivity contribution < 1.29 is 9.47 Å². The minimum atomic E-state index is 0.199. The Kier molecular flexibility index (Phi) is 6.64. The van der Waals surface area contributed by atoms with Crippen LogP contribution in [-0.4, -0.2) is 14.5 Å². The summed E-state index contributed by atoms with van der Waals surface area (Å²) in [7, 11) is 0. The molecular formula is C40H31N3O2. The lowest BCUT2D eigenvalue weighted by atomic mass is 9.90. The van der Waals surface area contributed by atoms with Gasteiger partial charge in [-0.15, -0.1) is 0 Å². The number of para-hydroxylation sites is 2. The summed E-state index contributed by atoms with van der Waals surface area (Å²) in [6.07, 6.45) is 22.3. The highest BCUT2D eigenvalue weighted by atomic mass is 16.6. The molecule has 0 fully saturated rings. The van der Waals surface area contributed by atoms with Crippen molar-refractivity contribution in [3.8, 4) is 40.2 Å². The number of hydrogen-bond donors (Lipinski definition) is 0. The van der Waals surface area contributed by atoms with Crippen LogP contribution in [0.3, 0.4) is 0 Å². The molecule has 3 aliphatic rings. The third-order valence-electron chi connectivity index (χ3n) is 8.53. The van der Waals surface area contributed by atoms with Gasteiger partial charge in [-0.1, -0.05) is 104 Å². The zero-order valence-corrected chi connectivity index (χ0v) is 24.9. The van der Waals surface area contributed by atoms with Crippen molar-refractivity contribution in [1.29, 1.82) is 0 Å². The first-order chi connectivity index (χ1) is 22.2. The SMILES string of the molecule is C=C/C=C(\C=C/C)c1cc(-c2ccccc2)nc(-n2c3c(c4cc5c(cc42)Oc2ccccc2O5)C2C=CC=CC(C=C3)C2)n1. The quantitative estimate of drug-likeness (QED) is 0.189. The Labute approximate surface area is 262 Å². The van der Waals surface area contributed by atoms with E-state index in [0.29, 0.717) is 34.9 Å². The zero-order valence-electron chi connectivity index (χ0n) is 24.9. The summed E-state index contributed by atoms with van der Waals surface area (Å²) in [4.78, 5) is 10.5. The molecule has 2 unspecified atom stereocenters. The van der Waals surface area contributed by atoms with E-state index in [9.17, 15) is 0 Å². The summed E-state index contributed by atoms with van der Waals surface area (Å²) in [6.45, 7) is 5.97. The van der Waals surface area contributed by atoms with Gasteiger partial charge in [0.1, 0.15) is 0 Å². The summed E-state index contributed by atoms with van der Waals surface area (Å²) < 4.78 is 15.0. The molecule has 2 aromatic heterocycles. The highest BCUT2D eigenvalue weighted by Crippen LogP contribution is 2.50. The van der Waals surface area contributed by atoms with E-state index in [2.05, 4.69) is 84.0 Å². The molecule has 2 aliphatic carbocycles. The number of ether oxygens (including phenoxy) is 2. The molecule has 0 saturated heterocycles. The number of rotatable bonds is 5. The number of nitrogens with zero attached hydrogens (tertiary/aromatic N) is 3. The van der Waals surface area contributed by atoms with Crippen molar-refractivity contribution in [1.82, 2.24) is 14.5 Å². The maximum atomic E-state index is 6.40. The van der Waals surface area contributed by atoms with Crippen LogP contribution in [0.25, 0.3) is 39.8 Å². The van der Waals surface area contributed by atoms with Gasteiger partial charge in [0.15, 0.2) is 23.0 Å². The van der Waals surface area contributed by atoms with E-state index in [4.69, 9.17) is 19.4 Å². The molecule has 5 aromatic rings. The van der Waals surface area contributed by atoms with Crippen molar-refractivity contribution >= 4 is 22.6 Å². The lowest BCUT2D eigenvalue weighted by Gasteiger charge is -2.21. The average molecular weight is 586 g/mol. The second kappa shape index (κ2) is 11.1. The van der Waals surface area contributed by atoms with Gasteiger partial charge in [-0.05, 0) is 60.7 Å². The lowest BCUT2D eigenvalue weighted by Crippen LogP contribution is -2.07. The van der Waals surface area contributed by atoms with Crippen LogP contribution in [0.5, 0.6) is 23.0 Å². The van der Waals surface area contributed by atoms with Crippen LogP contribution in [-0.2, 0) is 0 Å². The molecule has 0 saturated carbocycles. The summed E-state index contributed by atoms with van der Waals surface area (Å²) in [5, 5.41) is 1.10. The molecule has 45 heavy (non-hydrogen) atoms. The van der Waals surface area contributed by atoms with Gasteiger partial charge in [0.25, 0.3) is 0 Å². The van der Waals surface area contributed by atoms with Gasteiger partial charge in [0, 0.05) is 22.9 Å². The van der Waals surface area contributed by atoms with E-state index >= 15 is 0 Å². The van der Waals surface area contributed by atoms with Gasteiger partial charge in [0.2, 0.25) is 5.95 Å². The minimum absolute atomic E-state index is 0.199. The maximum absolute atomic E-state index is 6.40. The van der Waals surface area contributed by atoms with Gasteiger partial charge in [-0.3, -0.25) is 4.57 Å². The van der Waals surface area contributed by atoms with Crippen LogP contribution in [0.1, 0.15) is 36.2 Å². The Hall–Kier alpha value is -5.68. The predicted molar refractivity (Wildman–Crippen MR) is 182 cm³/mol. The predicted octanol–water partition coefficient (Wildman–Crippen LogP) is 10.4. The van der Waals surface area contributed by atoms with E-state index in [1.807, 2.05) is 61.5 Å². The fraction of sp³-hybridized carbons (Fsp3) is 0.100. The fourth-order valence-electron chi connectivity index (χ4n) is 6.52. The van der Waals surface area contributed by atoms with Crippen LogP contribution < -0.4 is 9.47 Å². The van der Waals surface area contributed by atoms with E-state index in [-0.39, 0.29) is 5.92 Å². The molecule has 1 aliphatic heterocycles. The van der Waals surface area contributed by atoms with Crippen molar-refractivity contribution in [3.05, 3.63) is 151 Å². The van der Waals surface area contributed by atoms with Crippen molar-refractivity contribution in [3.63, 3.8) is 0 Å². The number of benzene rings is 3. The van der Waals surface area contributed by atoms with Gasteiger partial charge in [-0.25, -0.2) is 9.97 Å². The van der Waals surface area contributed by atoms with Gasteiger partial charge >= 0.3 is 0 Å². The maximum Gasteiger partial charge on any atom is 0.235 e. The Morgan fingerprint density at radius 1 is 0.867 bits per heavy atom. The molecule has 0 spiro atoms. The second-order valence-corrected chi connectivity index (χ2v) is 11.4. The fourth-order valence-corrected chi connectivity index (χ4v) is 6.52. The summed E-state index contributed by atoms with van der Waals surface area (Å²) >= 11 is 0. The van der Waals surface area contributed by atoms with Crippen LogP contribution in [0, 0.1) is 5.92 Å². The van der Waals surface area contributed by atoms with Crippen LogP contribution in [0.2, 0.25) is 0 Å². The third-order valence-corrected chi connectivity index (χ3v) is 8.53. The van der Waals surface area contributed by atoms with E-state index in [1.54, 1.807) is 6.08 Å². The molecule has 5 nitrogen and oxygen atoms in total. The van der Waals surface area contributed by atoms with Crippen LogP contribution in [0.4, 0.5) is 0 Å². The topological polar surface area (TPSA) is 49.2 Å². The molecule has 2 bridgehead atoms. The Morgan fingerprint density at radius 2 is 1.62 bits per heavy atom. The number of allylic oxidation sites excluding steroid dienone is 10. The Bertz CT molecular complexity index is 2130. The Balaban J connectivity index is 1.43. The molecular weight excluding hydrogens is 554 g/mol. The van der Waals surface area contributed by atoms with Crippen LogP contribution >= 0.6 is 0 Å². The van der Waals surface area contributed by atoms with Crippen LogP contribution in [0.15, 0.2) is 134 Å². The molecule has 2 atom stereocenters. The van der Waals surface area contributed by atoms with E-state index in [0.717, 1.165) is 45.5 Å². The van der Waals surface area contributed by atoms with Crippen molar-refractivity contribution in [2.75, 3.05) is 0 Å². The third kappa shape index (κ3) is 4.74. The van der Waals surface area contributed by atoms with Gasteiger partial charge in [-0.2, -0.15) is 0 Å². The van der Waals surface area contributed by atoms with E-state index in [1.165, 1.54) is 5.56 Å². The first kappa shape index (κ1) is 26.9.